The summed E-state index contributed by atoms with van der Waals surface area (Å²) >= 11 is 7.38. The van der Waals surface area contributed by atoms with Gasteiger partial charge in [0.1, 0.15) is 10.7 Å². The second-order valence-electron chi connectivity index (χ2n) is 5.91. The van der Waals surface area contributed by atoms with E-state index in [0.717, 1.165) is 17.7 Å². The van der Waals surface area contributed by atoms with Crippen molar-refractivity contribution in [1.29, 1.82) is 0 Å². The van der Waals surface area contributed by atoms with Crippen LogP contribution in [0.5, 0.6) is 0 Å². The fourth-order valence-electron chi connectivity index (χ4n) is 2.95. The monoisotopic (exact) mass is 374 g/mol. The molecule has 0 saturated carbocycles. The van der Waals surface area contributed by atoms with Gasteiger partial charge >= 0.3 is 0 Å². The standard InChI is InChI=1S/C17H15ClN4O2S/c18-11-3-1-10(2-4-11)12-9-25-17-15(12)16(24)20-13(21-17)7-22-6-5-19-14(23)8-22/h1-4,9H,5-8H2,(H,19,23)(H,20,21,24). The molecule has 3 heterocycles. The third-order valence-electron chi connectivity index (χ3n) is 4.14. The van der Waals surface area contributed by atoms with E-state index in [2.05, 4.69) is 15.3 Å². The van der Waals surface area contributed by atoms with Gasteiger partial charge in [0.25, 0.3) is 5.56 Å². The lowest BCUT2D eigenvalue weighted by Crippen LogP contribution is -2.47. The topological polar surface area (TPSA) is 78.1 Å². The van der Waals surface area contributed by atoms with Gasteiger partial charge in [-0.1, -0.05) is 23.7 Å². The van der Waals surface area contributed by atoms with Crippen molar-refractivity contribution in [3.63, 3.8) is 0 Å². The van der Waals surface area contributed by atoms with E-state index >= 15 is 0 Å². The minimum absolute atomic E-state index is 0.00387. The van der Waals surface area contributed by atoms with Crippen molar-refractivity contribution in [2.45, 2.75) is 6.54 Å². The molecule has 128 valence electrons. The number of nitrogens with one attached hydrogen (secondary N) is 2. The van der Waals surface area contributed by atoms with Gasteiger partial charge in [-0.05, 0) is 17.7 Å². The second-order valence-corrected chi connectivity index (χ2v) is 7.20. The van der Waals surface area contributed by atoms with Gasteiger partial charge in [-0.25, -0.2) is 4.98 Å². The van der Waals surface area contributed by atoms with Gasteiger partial charge in [0.15, 0.2) is 0 Å². The lowest BCUT2D eigenvalue weighted by atomic mass is 10.1. The predicted octanol–water partition coefficient (Wildman–Crippen LogP) is 2.24. The number of carbonyl (C=O) groups excluding carboxylic acids is 1. The number of thiophene rings is 1. The van der Waals surface area contributed by atoms with E-state index in [1.54, 1.807) is 12.1 Å². The lowest BCUT2D eigenvalue weighted by molar-refractivity contribution is -0.124. The Morgan fingerprint density at radius 1 is 1.24 bits per heavy atom. The van der Waals surface area contributed by atoms with Gasteiger partial charge < -0.3 is 10.3 Å². The van der Waals surface area contributed by atoms with Gasteiger partial charge in [0, 0.05) is 29.1 Å². The van der Waals surface area contributed by atoms with Crippen molar-refractivity contribution in [3.8, 4) is 11.1 Å². The Balaban J connectivity index is 1.68. The zero-order valence-corrected chi connectivity index (χ0v) is 14.8. The normalized spacial score (nSPS) is 15.5. The van der Waals surface area contributed by atoms with Crippen LogP contribution in [0.2, 0.25) is 5.02 Å². The van der Waals surface area contributed by atoms with Crippen LogP contribution in [0, 0.1) is 0 Å². The first-order chi connectivity index (χ1) is 12.1. The van der Waals surface area contributed by atoms with Crippen LogP contribution in [-0.2, 0) is 11.3 Å². The summed E-state index contributed by atoms with van der Waals surface area (Å²) in [5.74, 6) is 0.576. The Hall–Kier alpha value is -2.22. The minimum Gasteiger partial charge on any atom is -0.354 e. The molecule has 1 saturated heterocycles. The minimum atomic E-state index is -0.160. The zero-order valence-electron chi connectivity index (χ0n) is 13.2. The van der Waals surface area contributed by atoms with Gasteiger partial charge in [0.05, 0.1) is 18.5 Å². The van der Waals surface area contributed by atoms with Crippen molar-refractivity contribution in [3.05, 3.63) is 50.8 Å². The van der Waals surface area contributed by atoms with Crippen LogP contribution in [-0.4, -0.2) is 40.4 Å². The molecule has 2 N–H and O–H groups in total. The summed E-state index contributed by atoms with van der Waals surface area (Å²) in [6.07, 6.45) is 0. The highest BCUT2D eigenvalue weighted by molar-refractivity contribution is 7.17. The number of hydrogen-bond acceptors (Lipinski definition) is 5. The fraction of sp³-hybridized carbons (Fsp3) is 0.235. The van der Waals surface area contributed by atoms with E-state index in [1.807, 2.05) is 22.4 Å². The molecular weight excluding hydrogens is 360 g/mol. The molecule has 6 nitrogen and oxygen atoms in total. The molecule has 4 rings (SSSR count). The average Bonchev–Trinajstić information content (AvgIpc) is 3.00. The van der Waals surface area contributed by atoms with Gasteiger partial charge in [-0.2, -0.15) is 0 Å². The molecule has 1 fully saturated rings. The summed E-state index contributed by atoms with van der Waals surface area (Å²) in [7, 11) is 0. The average molecular weight is 375 g/mol. The molecule has 0 bridgehead atoms. The zero-order chi connectivity index (χ0) is 17.4. The highest BCUT2D eigenvalue weighted by atomic mass is 35.5. The number of amides is 1. The van der Waals surface area contributed by atoms with Crippen LogP contribution < -0.4 is 10.9 Å². The Kier molecular flexibility index (Phi) is 4.29. The maximum Gasteiger partial charge on any atom is 0.260 e. The number of piperazine rings is 1. The highest BCUT2D eigenvalue weighted by Gasteiger charge is 2.18. The van der Waals surface area contributed by atoms with Crippen LogP contribution in [0.25, 0.3) is 21.3 Å². The van der Waals surface area contributed by atoms with Gasteiger partial charge in [-0.3, -0.25) is 14.5 Å². The molecule has 0 unspecified atom stereocenters. The first kappa shape index (κ1) is 16.3. The molecule has 8 heteroatoms. The second kappa shape index (κ2) is 6.59. The number of aromatic amines is 1. The molecule has 0 aliphatic carbocycles. The molecule has 0 radical (unpaired) electrons. The van der Waals surface area contributed by atoms with E-state index < -0.39 is 0 Å². The smallest absolute Gasteiger partial charge is 0.260 e. The van der Waals surface area contributed by atoms with E-state index in [4.69, 9.17) is 11.6 Å². The first-order valence-corrected chi connectivity index (χ1v) is 9.11. The summed E-state index contributed by atoms with van der Waals surface area (Å²) in [5, 5.41) is 5.97. The number of nitrogens with zero attached hydrogens (tertiary/aromatic N) is 2. The molecule has 1 aliphatic rings. The van der Waals surface area contributed by atoms with Crippen molar-refractivity contribution in [2.24, 2.45) is 0 Å². The number of rotatable bonds is 3. The van der Waals surface area contributed by atoms with E-state index in [-0.39, 0.29) is 11.5 Å². The summed E-state index contributed by atoms with van der Waals surface area (Å²) in [5.41, 5.74) is 1.63. The summed E-state index contributed by atoms with van der Waals surface area (Å²) in [4.78, 5) is 34.2. The number of carbonyl (C=O) groups is 1. The van der Waals surface area contributed by atoms with Crippen molar-refractivity contribution < 1.29 is 4.79 Å². The quantitative estimate of drug-likeness (QED) is 0.737. The maximum absolute atomic E-state index is 12.6. The number of benzene rings is 1. The van der Waals surface area contributed by atoms with Crippen molar-refractivity contribution >= 4 is 39.1 Å². The van der Waals surface area contributed by atoms with Crippen LogP contribution >= 0.6 is 22.9 Å². The molecular formula is C17H15ClN4O2S. The summed E-state index contributed by atoms with van der Waals surface area (Å²) < 4.78 is 0. The third kappa shape index (κ3) is 3.30. The molecule has 1 aromatic carbocycles. The predicted molar refractivity (Wildman–Crippen MR) is 99.0 cm³/mol. The molecule has 2 aromatic heterocycles. The Labute approximate surface area is 152 Å². The fourth-order valence-corrected chi connectivity index (χ4v) is 4.04. The largest absolute Gasteiger partial charge is 0.354 e. The number of fused-ring (bicyclic) bond motifs is 1. The molecule has 1 amide bonds. The van der Waals surface area contributed by atoms with Gasteiger partial charge in [-0.15, -0.1) is 11.3 Å². The number of halogens is 1. The SMILES string of the molecule is O=C1CN(Cc2nc3scc(-c4ccc(Cl)cc4)c3c(=O)[nH]2)CCN1. The Morgan fingerprint density at radius 3 is 2.80 bits per heavy atom. The van der Waals surface area contributed by atoms with Gasteiger partial charge in [0.2, 0.25) is 5.91 Å². The Morgan fingerprint density at radius 2 is 2.04 bits per heavy atom. The number of hydrogen-bond donors (Lipinski definition) is 2. The van der Waals surface area contributed by atoms with Crippen molar-refractivity contribution in [1.82, 2.24) is 20.2 Å². The highest BCUT2D eigenvalue weighted by Crippen LogP contribution is 2.31. The van der Waals surface area contributed by atoms with Crippen LogP contribution in [0.1, 0.15) is 5.82 Å². The maximum atomic E-state index is 12.6. The Bertz CT molecular complexity index is 996. The van der Waals surface area contributed by atoms with Crippen molar-refractivity contribution in [2.75, 3.05) is 19.6 Å². The summed E-state index contributed by atoms with van der Waals surface area (Å²) in [6.45, 7) is 2.13. The van der Waals surface area contributed by atoms with Crippen LogP contribution in [0.15, 0.2) is 34.4 Å². The van der Waals surface area contributed by atoms with E-state index in [1.165, 1.54) is 11.3 Å². The van der Waals surface area contributed by atoms with Crippen LogP contribution in [0.3, 0.4) is 0 Å². The number of H-pyrrole nitrogens is 1. The summed E-state index contributed by atoms with van der Waals surface area (Å²) in [6, 6.07) is 7.39. The number of aromatic nitrogens is 2. The third-order valence-corrected chi connectivity index (χ3v) is 5.26. The molecule has 0 atom stereocenters. The molecule has 0 spiro atoms. The van der Waals surface area contributed by atoms with E-state index in [9.17, 15) is 9.59 Å². The first-order valence-electron chi connectivity index (χ1n) is 7.85. The molecule has 1 aliphatic heterocycles. The van der Waals surface area contributed by atoms with E-state index in [0.29, 0.717) is 40.7 Å². The lowest BCUT2D eigenvalue weighted by Gasteiger charge is -2.25. The van der Waals surface area contributed by atoms with Crippen LogP contribution in [0.4, 0.5) is 0 Å². The molecule has 3 aromatic rings. The molecule has 25 heavy (non-hydrogen) atoms.